The number of nitrogens with one attached hydrogen (secondary N) is 1. The van der Waals surface area contributed by atoms with Crippen LogP contribution in [-0.4, -0.2) is 31.0 Å². The number of fused-ring (bicyclic) bond motifs is 1. The highest BCUT2D eigenvalue weighted by Gasteiger charge is 2.14. The molecule has 0 radical (unpaired) electrons. The summed E-state index contributed by atoms with van der Waals surface area (Å²) in [5.41, 5.74) is 1.36. The molecule has 0 amide bonds. The van der Waals surface area contributed by atoms with E-state index >= 15 is 0 Å². The van der Waals surface area contributed by atoms with Gasteiger partial charge in [0.1, 0.15) is 16.9 Å². The highest BCUT2D eigenvalue weighted by Crippen LogP contribution is 2.33. The number of hydrogen-bond acceptors (Lipinski definition) is 5. The minimum absolute atomic E-state index is 0.172. The molecule has 0 aliphatic heterocycles. The summed E-state index contributed by atoms with van der Waals surface area (Å²) in [6, 6.07) is 4.61. The number of carbonyl (C=O) groups is 1. The van der Waals surface area contributed by atoms with E-state index in [0.29, 0.717) is 26.1 Å². The van der Waals surface area contributed by atoms with E-state index in [-0.39, 0.29) is 5.56 Å². The molecule has 1 aromatic carbocycles. The van der Waals surface area contributed by atoms with Gasteiger partial charge in [-0.15, -0.1) is 0 Å². The summed E-state index contributed by atoms with van der Waals surface area (Å²) in [7, 11) is 0. The van der Waals surface area contributed by atoms with Gasteiger partial charge < -0.3 is 10.1 Å². The van der Waals surface area contributed by atoms with Gasteiger partial charge in [0.15, 0.2) is 5.65 Å². The van der Waals surface area contributed by atoms with E-state index in [0.717, 1.165) is 0 Å². The zero-order valence-corrected chi connectivity index (χ0v) is 11.4. The Morgan fingerprint density at radius 2 is 2.15 bits per heavy atom. The van der Waals surface area contributed by atoms with E-state index in [1.807, 2.05) is 0 Å². The molecular formula is C12H7ClN4O2S. The van der Waals surface area contributed by atoms with E-state index in [9.17, 15) is 9.90 Å². The second-order valence-electron chi connectivity index (χ2n) is 3.83. The van der Waals surface area contributed by atoms with Crippen molar-refractivity contribution < 1.29 is 9.90 Å². The van der Waals surface area contributed by atoms with Crippen molar-refractivity contribution in [2.45, 2.75) is 9.92 Å². The molecule has 0 spiro atoms. The van der Waals surface area contributed by atoms with E-state index < -0.39 is 5.97 Å². The Kier molecular flexibility index (Phi) is 3.29. The molecule has 0 saturated carbocycles. The zero-order valence-electron chi connectivity index (χ0n) is 9.87. The van der Waals surface area contributed by atoms with Crippen molar-refractivity contribution in [1.29, 1.82) is 0 Å². The van der Waals surface area contributed by atoms with Gasteiger partial charge in [-0.1, -0.05) is 23.4 Å². The topological polar surface area (TPSA) is 91.8 Å². The molecule has 20 heavy (non-hydrogen) atoms. The van der Waals surface area contributed by atoms with E-state index in [4.69, 9.17) is 11.6 Å². The number of carboxylic acids is 1. The number of imidazole rings is 1. The van der Waals surface area contributed by atoms with Gasteiger partial charge in [-0.2, -0.15) is 0 Å². The molecule has 8 heteroatoms. The Morgan fingerprint density at radius 3 is 2.95 bits per heavy atom. The van der Waals surface area contributed by atoms with Crippen LogP contribution in [0.1, 0.15) is 10.4 Å². The van der Waals surface area contributed by atoms with Gasteiger partial charge in [-0.25, -0.2) is 19.7 Å². The molecule has 6 nitrogen and oxygen atoms in total. The number of carboxylic acid groups (broad SMARTS) is 1. The summed E-state index contributed by atoms with van der Waals surface area (Å²) in [4.78, 5) is 26.9. The van der Waals surface area contributed by atoms with Gasteiger partial charge in [-0.05, 0) is 18.2 Å². The van der Waals surface area contributed by atoms with Gasteiger partial charge in [0.05, 0.1) is 11.9 Å². The fraction of sp³-hybridized carbons (Fsp3) is 0. The normalized spacial score (nSPS) is 10.8. The Morgan fingerprint density at radius 1 is 1.30 bits per heavy atom. The number of nitrogens with zero attached hydrogens (tertiary/aromatic N) is 3. The maximum Gasteiger partial charge on any atom is 0.336 e. The Bertz CT molecular complexity index is 805. The maximum absolute atomic E-state index is 11.2. The third-order valence-corrected chi connectivity index (χ3v) is 3.86. The van der Waals surface area contributed by atoms with Crippen molar-refractivity contribution in [3.63, 3.8) is 0 Å². The molecule has 0 bridgehead atoms. The third-order valence-electron chi connectivity index (χ3n) is 2.57. The fourth-order valence-electron chi connectivity index (χ4n) is 1.68. The van der Waals surface area contributed by atoms with Crippen LogP contribution >= 0.6 is 23.4 Å². The average molecular weight is 307 g/mol. The van der Waals surface area contributed by atoms with Crippen LogP contribution in [-0.2, 0) is 0 Å². The number of aromatic nitrogens is 4. The van der Waals surface area contributed by atoms with Crippen LogP contribution in [0.15, 0.2) is 40.8 Å². The Labute approximate surface area is 122 Å². The summed E-state index contributed by atoms with van der Waals surface area (Å²) in [5, 5.41) is 10.3. The minimum atomic E-state index is -1.01. The molecule has 0 unspecified atom stereocenters. The lowest BCUT2D eigenvalue weighted by Gasteiger charge is -2.06. The van der Waals surface area contributed by atoms with Crippen molar-refractivity contribution in [2.75, 3.05) is 0 Å². The SMILES string of the molecule is O=C(O)c1ccc(Cl)cc1Sc1ncnc2nc[nH]c12. The predicted molar refractivity (Wildman–Crippen MR) is 74.2 cm³/mol. The molecule has 2 aromatic heterocycles. The summed E-state index contributed by atoms with van der Waals surface area (Å²) in [6.07, 6.45) is 2.90. The maximum atomic E-state index is 11.2. The van der Waals surface area contributed by atoms with Gasteiger partial charge in [0, 0.05) is 9.92 Å². The number of aromatic amines is 1. The predicted octanol–water partition coefficient (Wildman–Crippen LogP) is 2.86. The minimum Gasteiger partial charge on any atom is -0.478 e. The molecule has 0 atom stereocenters. The summed E-state index contributed by atoms with van der Waals surface area (Å²) in [6.45, 7) is 0. The van der Waals surface area contributed by atoms with E-state index in [2.05, 4.69) is 19.9 Å². The molecule has 0 aliphatic carbocycles. The second kappa shape index (κ2) is 5.10. The number of H-pyrrole nitrogens is 1. The zero-order chi connectivity index (χ0) is 14.1. The molecule has 2 N–H and O–H groups in total. The van der Waals surface area contributed by atoms with Gasteiger partial charge in [-0.3, -0.25) is 0 Å². The summed E-state index contributed by atoms with van der Waals surface area (Å²) in [5.74, 6) is -1.01. The highest BCUT2D eigenvalue weighted by molar-refractivity contribution is 7.99. The van der Waals surface area contributed by atoms with Crippen LogP contribution in [0.2, 0.25) is 5.02 Å². The van der Waals surface area contributed by atoms with Crippen molar-refractivity contribution >= 4 is 40.5 Å². The average Bonchev–Trinajstić information content (AvgIpc) is 2.88. The van der Waals surface area contributed by atoms with Crippen molar-refractivity contribution in [2.24, 2.45) is 0 Å². The first-order chi connectivity index (χ1) is 9.65. The van der Waals surface area contributed by atoms with Crippen LogP contribution in [0.4, 0.5) is 0 Å². The highest BCUT2D eigenvalue weighted by atomic mass is 35.5. The van der Waals surface area contributed by atoms with Crippen LogP contribution < -0.4 is 0 Å². The standard InChI is InChI=1S/C12H7ClN4O2S/c13-6-1-2-7(12(18)19)8(3-6)20-11-9-10(15-4-14-9)16-5-17-11/h1-5H,(H,18,19)(H,14,15,16,17). The van der Waals surface area contributed by atoms with Crippen molar-refractivity contribution in [3.05, 3.63) is 41.4 Å². The van der Waals surface area contributed by atoms with Gasteiger partial charge in [0.2, 0.25) is 0 Å². The van der Waals surface area contributed by atoms with Crippen LogP contribution in [0.5, 0.6) is 0 Å². The lowest BCUT2D eigenvalue weighted by atomic mass is 10.2. The number of halogens is 1. The molecule has 0 fully saturated rings. The first-order valence-electron chi connectivity index (χ1n) is 5.50. The van der Waals surface area contributed by atoms with Gasteiger partial charge in [0.25, 0.3) is 0 Å². The van der Waals surface area contributed by atoms with Crippen LogP contribution in [0.25, 0.3) is 11.2 Å². The third kappa shape index (κ3) is 2.33. The molecule has 2 heterocycles. The Hall–Kier alpha value is -2.12. The molecular weight excluding hydrogens is 300 g/mol. The number of hydrogen-bond donors (Lipinski definition) is 2. The first-order valence-corrected chi connectivity index (χ1v) is 6.69. The monoisotopic (exact) mass is 306 g/mol. The quantitative estimate of drug-likeness (QED) is 0.723. The second-order valence-corrected chi connectivity index (χ2v) is 5.29. The Balaban J connectivity index is 2.09. The lowest BCUT2D eigenvalue weighted by Crippen LogP contribution is -1.99. The fourth-order valence-corrected chi connectivity index (χ4v) is 2.93. The van der Waals surface area contributed by atoms with Gasteiger partial charge >= 0.3 is 5.97 Å². The largest absolute Gasteiger partial charge is 0.478 e. The molecule has 0 aliphatic rings. The molecule has 0 saturated heterocycles. The smallest absolute Gasteiger partial charge is 0.336 e. The van der Waals surface area contributed by atoms with E-state index in [1.54, 1.807) is 12.1 Å². The summed E-state index contributed by atoms with van der Waals surface area (Å²) >= 11 is 7.13. The molecule has 3 aromatic rings. The van der Waals surface area contributed by atoms with E-state index in [1.165, 1.54) is 30.5 Å². The number of rotatable bonds is 3. The molecule has 3 rings (SSSR count). The van der Waals surface area contributed by atoms with Crippen LogP contribution in [0, 0.1) is 0 Å². The van der Waals surface area contributed by atoms with Crippen LogP contribution in [0.3, 0.4) is 0 Å². The molecule has 100 valence electrons. The number of benzene rings is 1. The van der Waals surface area contributed by atoms with Crippen molar-refractivity contribution in [1.82, 2.24) is 19.9 Å². The first kappa shape index (κ1) is 12.9. The lowest BCUT2D eigenvalue weighted by molar-refractivity contribution is 0.0693. The van der Waals surface area contributed by atoms with Crippen molar-refractivity contribution in [3.8, 4) is 0 Å². The number of aromatic carboxylic acids is 1. The summed E-state index contributed by atoms with van der Waals surface area (Å²) < 4.78 is 0.